The summed E-state index contributed by atoms with van der Waals surface area (Å²) in [6, 6.07) is 5.26. The molecule has 1 aromatic carbocycles. The van der Waals surface area contributed by atoms with E-state index in [1.165, 1.54) is 6.20 Å². The van der Waals surface area contributed by atoms with Crippen molar-refractivity contribution in [3.63, 3.8) is 0 Å². The number of aromatic nitrogens is 1. The quantitative estimate of drug-likeness (QED) is 0.648. The molecule has 0 saturated heterocycles. The molecule has 2 aromatic rings. The summed E-state index contributed by atoms with van der Waals surface area (Å²) in [5.74, 6) is -2.35. The fourth-order valence-electron chi connectivity index (χ4n) is 1.42. The molecule has 0 spiro atoms. The number of aliphatic carboxylic acids is 1. The van der Waals surface area contributed by atoms with Crippen LogP contribution in [0.15, 0.2) is 28.9 Å². The number of ketones is 1. The van der Waals surface area contributed by atoms with Crippen molar-refractivity contribution in [2.45, 2.75) is 0 Å². The second kappa shape index (κ2) is 3.51. The van der Waals surface area contributed by atoms with Crippen molar-refractivity contribution < 1.29 is 14.7 Å². The highest BCUT2D eigenvalue weighted by atomic mass is 79.9. The summed E-state index contributed by atoms with van der Waals surface area (Å²) in [6.07, 6.45) is 1.41. The van der Waals surface area contributed by atoms with Crippen LogP contribution in [-0.4, -0.2) is 21.8 Å². The minimum Gasteiger partial charge on any atom is -0.475 e. The zero-order chi connectivity index (χ0) is 11.0. The number of fused-ring (bicyclic) bond motifs is 1. The summed E-state index contributed by atoms with van der Waals surface area (Å²) in [5.41, 5.74) is 0.904. The van der Waals surface area contributed by atoms with Crippen molar-refractivity contribution in [2.75, 3.05) is 0 Å². The average molecular weight is 268 g/mol. The molecule has 0 radical (unpaired) electrons. The van der Waals surface area contributed by atoms with E-state index in [0.717, 1.165) is 9.99 Å². The van der Waals surface area contributed by atoms with Gasteiger partial charge in [0.2, 0.25) is 0 Å². The van der Waals surface area contributed by atoms with E-state index < -0.39 is 11.8 Å². The molecule has 0 aliphatic carbocycles. The molecule has 2 rings (SSSR count). The van der Waals surface area contributed by atoms with Gasteiger partial charge in [0.05, 0.1) is 11.1 Å². The summed E-state index contributed by atoms with van der Waals surface area (Å²) < 4.78 is 0.796. The number of rotatable bonds is 2. The Hall–Kier alpha value is -1.62. The van der Waals surface area contributed by atoms with E-state index >= 15 is 0 Å². The van der Waals surface area contributed by atoms with Gasteiger partial charge in [-0.3, -0.25) is 4.79 Å². The fraction of sp³-hybridized carbons (Fsp3) is 0. The summed E-state index contributed by atoms with van der Waals surface area (Å²) in [4.78, 5) is 24.7. The SMILES string of the molecule is O=C(O)C(=O)c1c[nH]c2c(Br)cccc12. The Labute approximate surface area is 93.0 Å². The molecule has 0 saturated carbocycles. The number of carbonyl (C=O) groups excluding carboxylic acids is 1. The molecule has 0 unspecified atom stereocenters. The number of H-pyrrole nitrogens is 1. The Morgan fingerprint density at radius 3 is 2.73 bits per heavy atom. The Morgan fingerprint density at radius 2 is 2.07 bits per heavy atom. The van der Waals surface area contributed by atoms with Crippen molar-refractivity contribution in [3.8, 4) is 0 Å². The molecule has 2 N–H and O–H groups in total. The lowest BCUT2D eigenvalue weighted by Crippen LogP contribution is -2.11. The number of carbonyl (C=O) groups is 2. The predicted molar refractivity (Wildman–Crippen MR) is 58.0 cm³/mol. The first-order valence-electron chi connectivity index (χ1n) is 4.14. The maximum absolute atomic E-state index is 11.3. The van der Waals surface area contributed by atoms with Crippen LogP contribution >= 0.6 is 15.9 Å². The Morgan fingerprint density at radius 1 is 1.33 bits per heavy atom. The number of benzene rings is 1. The topological polar surface area (TPSA) is 70.2 Å². The minimum absolute atomic E-state index is 0.179. The van der Waals surface area contributed by atoms with Gasteiger partial charge in [0.25, 0.3) is 5.78 Å². The predicted octanol–water partition coefficient (Wildman–Crippen LogP) is 2.20. The normalized spacial score (nSPS) is 10.5. The van der Waals surface area contributed by atoms with Gasteiger partial charge in [-0.15, -0.1) is 0 Å². The van der Waals surface area contributed by atoms with Gasteiger partial charge in [-0.25, -0.2) is 4.79 Å². The third-order valence-electron chi connectivity index (χ3n) is 2.10. The number of aromatic amines is 1. The van der Waals surface area contributed by atoms with Crippen LogP contribution in [0.3, 0.4) is 0 Å². The molecule has 0 fully saturated rings. The summed E-state index contributed by atoms with van der Waals surface area (Å²) in [5, 5.41) is 9.22. The highest BCUT2D eigenvalue weighted by Gasteiger charge is 2.19. The van der Waals surface area contributed by atoms with E-state index in [4.69, 9.17) is 5.11 Å². The van der Waals surface area contributed by atoms with Crippen LogP contribution in [0.2, 0.25) is 0 Å². The van der Waals surface area contributed by atoms with Gasteiger partial charge in [0.1, 0.15) is 0 Å². The first-order chi connectivity index (χ1) is 7.11. The number of hydrogen-bond donors (Lipinski definition) is 2. The van der Waals surface area contributed by atoms with Crippen LogP contribution in [-0.2, 0) is 4.79 Å². The molecular weight excluding hydrogens is 262 g/mol. The number of nitrogens with one attached hydrogen (secondary N) is 1. The first-order valence-corrected chi connectivity index (χ1v) is 4.94. The lowest BCUT2D eigenvalue weighted by Gasteiger charge is -1.95. The van der Waals surface area contributed by atoms with Crippen LogP contribution in [0.5, 0.6) is 0 Å². The number of hydrogen-bond acceptors (Lipinski definition) is 2. The minimum atomic E-state index is -1.45. The van der Waals surface area contributed by atoms with Gasteiger partial charge in [0, 0.05) is 16.1 Å². The number of halogens is 1. The van der Waals surface area contributed by atoms with E-state index in [9.17, 15) is 9.59 Å². The Kier molecular flexibility index (Phi) is 2.32. The molecule has 1 heterocycles. The van der Waals surface area contributed by atoms with Gasteiger partial charge in [-0.05, 0) is 22.0 Å². The average Bonchev–Trinajstić information content (AvgIpc) is 2.61. The van der Waals surface area contributed by atoms with E-state index in [1.807, 2.05) is 6.07 Å². The standard InChI is InChI=1S/C10H6BrNO3/c11-7-3-1-2-5-6(4-12-8(5)7)9(13)10(14)15/h1-4,12H,(H,14,15). The third kappa shape index (κ3) is 1.55. The number of para-hydroxylation sites is 1. The van der Waals surface area contributed by atoms with Crippen LogP contribution in [0.4, 0.5) is 0 Å². The van der Waals surface area contributed by atoms with E-state index in [0.29, 0.717) is 5.39 Å². The van der Waals surface area contributed by atoms with Crippen molar-refractivity contribution in [2.24, 2.45) is 0 Å². The molecule has 4 nitrogen and oxygen atoms in total. The van der Waals surface area contributed by atoms with Crippen LogP contribution < -0.4 is 0 Å². The first kappa shape index (κ1) is 9.92. The molecule has 0 amide bonds. The second-order valence-electron chi connectivity index (χ2n) is 3.00. The smallest absolute Gasteiger partial charge is 0.377 e. The van der Waals surface area contributed by atoms with Gasteiger partial charge < -0.3 is 10.1 Å². The maximum Gasteiger partial charge on any atom is 0.377 e. The van der Waals surface area contributed by atoms with Crippen molar-refractivity contribution in [1.29, 1.82) is 0 Å². The largest absolute Gasteiger partial charge is 0.475 e. The highest BCUT2D eigenvalue weighted by molar-refractivity contribution is 9.10. The summed E-state index contributed by atoms with van der Waals surface area (Å²) in [6.45, 7) is 0. The summed E-state index contributed by atoms with van der Waals surface area (Å²) >= 11 is 3.31. The van der Waals surface area contributed by atoms with Gasteiger partial charge >= 0.3 is 5.97 Å². The van der Waals surface area contributed by atoms with E-state index in [1.54, 1.807) is 12.1 Å². The molecular formula is C10H6BrNO3. The molecule has 0 aliphatic heterocycles. The lowest BCUT2D eigenvalue weighted by atomic mass is 10.1. The zero-order valence-corrected chi connectivity index (χ0v) is 9.04. The number of carboxylic acid groups (broad SMARTS) is 1. The zero-order valence-electron chi connectivity index (χ0n) is 7.45. The molecule has 76 valence electrons. The number of Topliss-reactive ketones (excluding diaryl/α,β-unsaturated/α-hetero) is 1. The fourth-order valence-corrected chi connectivity index (χ4v) is 1.90. The highest BCUT2D eigenvalue weighted by Crippen LogP contribution is 2.25. The molecule has 0 atom stereocenters. The van der Waals surface area contributed by atoms with Crippen LogP contribution in [0.1, 0.15) is 10.4 Å². The Bertz CT molecular complexity index is 559. The van der Waals surface area contributed by atoms with E-state index in [-0.39, 0.29) is 5.56 Å². The van der Waals surface area contributed by atoms with Crippen LogP contribution in [0, 0.1) is 0 Å². The lowest BCUT2D eigenvalue weighted by molar-refractivity contribution is -0.131. The molecule has 5 heteroatoms. The van der Waals surface area contributed by atoms with Crippen molar-refractivity contribution >= 4 is 38.6 Å². The molecule has 1 aromatic heterocycles. The molecule has 0 aliphatic rings. The number of carboxylic acids is 1. The van der Waals surface area contributed by atoms with Gasteiger partial charge in [0.15, 0.2) is 0 Å². The van der Waals surface area contributed by atoms with E-state index in [2.05, 4.69) is 20.9 Å². The molecule has 0 bridgehead atoms. The van der Waals surface area contributed by atoms with Gasteiger partial charge in [-0.1, -0.05) is 12.1 Å². The van der Waals surface area contributed by atoms with Gasteiger partial charge in [-0.2, -0.15) is 0 Å². The van der Waals surface area contributed by atoms with Crippen molar-refractivity contribution in [3.05, 3.63) is 34.4 Å². The van der Waals surface area contributed by atoms with Crippen molar-refractivity contribution in [1.82, 2.24) is 4.98 Å². The monoisotopic (exact) mass is 267 g/mol. The molecule has 15 heavy (non-hydrogen) atoms. The Balaban J connectivity index is 2.69. The van der Waals surface area contributed by atoms with Crippen LogP contribution in [0.25, 0.3) is 10.9 Å². The summed E-state index contributed by atoms with van der Waals surface area (Å²) in [7, 11) is 0. The second-order valence-corrected chi connectivity index (χ2v) is 3.85. The third-order valence-corrected chi connectivity index (χ3v) is 2.76. The maximum atomic E-state index is 11.3.